The molecule has 158 valence electrons. The molecule has 0 saturated heterocycles. The van der Waals surface area contributed by atoms with Crippen LogP contribution in [0.4, 0.5) is 0 Å². The maximum Gasteiger partial charge on any atom is 0.251 e. The highest BCUT2D eigenvalue weighted by atomic mass is 32.2. The fourth-order valence-corrected chi connectivity index (χ4v) is 4.36. The molecule has 2 aromatic rings. The van der Waals surface area contributed by atoms with Crippen molar-refractivity contribution in [2.45, 2.75) is 25.7 Å². The minimum absolute atomic E-state index is 0.113. The summed E-state index contributed by atoms with van der Waals surface area (Å²) in [5.74, 6) is 0.861. The molecule has 29 heavy (non-hydrogen) atoms. The van der Waals surface area contributed by atoms with Crippen LogP contribution in [0.25, 0.3) is 0 Å². The quantitative estimate of drug-likeness (QED) is 0.598. The van der Waals surface area contributed by atoms with E-state index < -0.39 is 10.0 Å². The molecule has 0 aromatic heterocycles. The van der Waals surface area contributed by atoms with E-state index in [0.717, 1.165) is 0 Å². The van der Waals surface area contributed by atoms with E-state index in [1.54, 1.807) is 46.1 Å². The third kappa shape index (κ3) is 5.48. The van der Waals surface area contributed by atoms with E-state index in [0.29, 0.717) is 35.7 Å². The number of hydrogen-bond acceptors (Lipinski definition) is 5. The van der Waals surface area contributed by atoms with Gasteiger partial charge in [-0.05, 0) is 36.8 Å². The van der Waals surface area contributed by atoms with Gasteiger partial charge in [-0.15, -0.1) is 0 Å². The van der Waals surface area contributed by atoms with Crippen molar-refractivity contribution in [3.05, 3.63) is 53.6 Å². The summed E-state index contributed by atoms with van der Waals surface area (Å²) < 4.78 is 37.7. The molecule has 0 saturated carbocycles. The first-order valence-electron chi connectivity index (χ1n) is 9.49. The lowest BCUT2D eigenvalue weighted by atomic mass is 10.1. The van der Waals surface area contributed by atoms with Gasteiger partial charge in [-0.2, -0.15) is 4.31 Å². The lowest BCUT2D eigenvalue weighted by Gasteiger charge is -2.19. The van der Waals surface area contributed by atoms with E-state index in [9.17, 15) is 13.2 Å². The monoisotopic (exact) mass is 420 g/mol. The summed E-state index contributed by atoms with van der Waals surface area (Å²) in [7, 11) is -2.07. The molecule has 0 heterocycles. The lowest BCUT2D eigenvalue weighted by Crippen LogP contribution is -2.31. The molecule has 1 N–H and O–H groups in total. The fourth-order valence-electron chi connectivity index (χ4n) is 2.88. The number of amides is 1. The van der Waals surface area contributed by atoms with Gasteiger partial charge in [0, 0.05) is 18.7 Å². The Morgan fingerprint density at radius 3 is 2.34 bits per heavy atom. The van der Waals surface area contributed by atoms with Crippen LogP contribution in [0.1, 0.15) is 29.8 Å². The molecule has 7 nitrogen and oxygen atoms in total. The minimum Gasteiger partial charge on any atom is -0.493 e. The van der Waals surface area contributed by atoms with E-state index in [4.69, 9.17) is 9.47 Å². The van der Waals surface area contributed by atoms with E-state index in [1.807, 2.05) is 12.1 Å². The van der Waals surface area contributed by atoms with E-state index in [-0.39, 0.29) is 24.0 Å². The van der Waals surface area contributed by atoms with Gasteiger partial charge < -0.3 is 14.8 Å². The summed E-state index contributed by atoms with van der Waals surface area (Å²) in [4.78, 5) is 12.7. The van der Waals surface area contributed by atoms with Gasteiger partial charge in [0.2, 0.25) is 10.0 Å². The average molecular weight is 421 g/mol. The molecule has 0 atom stereocenters. The molecule has 0 unspecified atom stereocenters. The van der Waals surface area contributed by atoms with Crippen molar-refractivity contribution in [1.82, 2.24) is 9.62 Å². The number of nitrogens with zero attached hydrogens (tertiary/aromatic N) is 1. The molecular weight excluding hydrogens is 392 g/mol. The van der Waals surface area contributed by atoms with Crippen LogP contribution in [-0.2, 0) is 10.0 Å². The van der Waals surface area contributed by atoms with Crippen molar-refractivity contribution < 1.29 is 22.7 Å². The van der Waals surface area contributed by atoms with Gasteiger partial charge in [-0.1, -0.05) is 32.0 Å². The zero-order chi connectivity index (χ0) is 21.4. The van der Waals surface area contributed by atoms with E-state index >= 15 is 0 Å². The first-order valence-corrected chi connectivity index (χ1v) is 10.9. The molecule has 1 amide bonds. The smallest absolute Gasteiger partial charge is 0.251 e. The molecule has 0 spiro atoms. The number of para-hydroxylation sites is 2. The first-order chi connectivity index (χ1) is 13.8. The van der Waals surface area contributed by atoms with Crippen LogP contribution in [0, 0.1) is 6.92 Å². The zero-order valence-electron chi connectivity index (χ0n) is 17.3. The Balaban J connectivity index is 2.05. The maximum absolute atomic E-state index is 12.7. The number of aryl methyl sites for hydroxylation is 1. The molecule has 8 heteroatoms. The molecule has 2 rings (SSSR count). The Hall–Kier alpha value is -2.58. The van der Waals surface area contributed by atoms with Crippen molar-refractivity contribution in [2.75, 3.05) is 33.4 Å². The Morgan fingerprint density at radius 2 is 1.72 bits per heavy atom. The summed E-state index contributed by atoms with van der Waals surface area (Å²) in [6.45, 7) is 6.60. The van der Waals surface area contributed by atoms with Gasteiger partial charge in [0.15, 0.2) is 11.5 Å². The molecule has 0 aliphatic carbocycles. The fraction of sp³-hybridized carbons (Fsp3) is 0.381. The van der Waals surface area contributed by atoms with Crippen LogP contribution in [0.2, 0.25) is 0 Å². The molecule has 0 aliphatic rings. The Morgan fingerprint density at radius 1 is 1.07 bits per heavy atom. The predicted octanol–water partition coefficient (Wildman–Crippen LogP) is 2.84. The number of carbonyl (C=O) groups excluding carboxylic acids is 1. The number of carbonyl (C=O) groups is 1. The average Bonchev–Trinajstić information content (AvgIpc) is 2.72. The van der Waals surface area contributed by atoms with Crippen LogP contribution in [0.3, 0.4) is 0 Å². The Bertz CT molecular complexity index is 940. The van der Waals surface area contributed by atoms with Gasteiger partial charge >= 0.3 is 0 Å². The van der Waals surface area contributed by atoms with Crippen LogP contribution in [0.5, 0.6) is 11.5 Å². The second-order valence-corrected chi connectivity index (χ2v) is 8.26. The third-order valence-corrected chi connectivity index (χ3v) is 6.56. The van der Waals surface area contributed by atoms with Gasteiger partial charge in [-0.25, -0.2) is 8.42 Å². The number of nitrogens with one attached hydrogen (secondary N) is 1. The summed E-state index contributed by atoms with van der Waals surface area (Å²) in [6.07, 6.45) is 0. The van der Waals surface area contributed by atoms with E-state index in [1.165, 1.54) is 16.4 Å². The van der Waals surface area contributed by atoms with Crippen LogP contribution in [-0.4, -0.2) is 52.0 Å². The van der Waals surface area contributed by atoms with Gasteiger partial charge in [0.1, 0.15) is 6.61 Å². The number of benzene rings is 2. The highest BCUT2D eigenvalue weighted by Gasteiger charge is 2.23. The van der Waals surface area contributed by atoms with Crippen LogP contribution >= 0.6 is 0 Å². The van der Waals surface area contributed by atoms with Gasteiger partial charge in [0.25, 0.3) is 5.91 Å². The SMILES string of the molecule is CCN(CC)S(=O)(=O)c1ccc(C)c(C(=O)NCCOc2ccccc2OC)c1. The zero-order valence-corrected chi connectivity index (χ0v) is 18.1. The molecule has 0 bridgehead atoms. The minimum atomic E-state index is -3.63. The Kier molecular flexibility index (Phi) is 8.04. The normalized spacial score (nSPS) is 11.3. The maximum atomic E-state index is 12.7. The highest BCUT2D eigenvalue weighted by molar-refractivity contribution is 7.89. The second-order valence-electron chi connectivity index (χ2n) is 6.32. The van der Waals surface area contributed by atoms with Crippen LogP contribution < -0.4 is 14.8 Å². The largest absolute Gasteiger partial charge is 0.493 e. The third-order valence-electron chi connectivity index (χ3n) is 4.51. The standard InChI is InChI=1S/C21H28N2O5S/c1-5-23(6-2)29(25,26)17-12-11-16(3)18(15-17)21(24)22-13-14-28-20-10-8-7-9-19(20)27-4/h7-12,15H,5-6,13-14H2,1-4H3,(H,22,24). The number of sulfonamides is 1. The Labute approximate surface area is 172 Å². The molecule has 0 fully saturated rings. The van der Waals surface area contributed by atoms with Gasteiger partial charge in [-0.3, -0.25) is 4.79 Å². The second kappa shape index (κ2) is 10.3. The molecular formula is C21H28N2O5S. The predicted molar refractivity (Wildman–Crippen MR) is 112 cm³/mol. The van der Waals surface area contributed by atoms with Crippen molar-refractivity contribution >= 4 is 15.9 Å². The van der Waals surface area contributed by atoms with Crippen molar-refractivity contribution in [3.8, 4) is 11.5 Å². The molecule has 2 aromatic carbocycles. The number of methoxy groups -OCH3 is 1. The summed E-state index contributed by atoms with van der Waals surface area (Å²) >= 11 is 0. The number of ether oxygens (including phenoxy) is 2. The number of rotatable bonds is 10. The lowest BCUT2D eigenvalue weighted by molar-refractivity contribution is 0.0946. The molecule has 0 aliphatic heterocycles. The summed E-state index contributed by atoms with van der Waals surface area (Å²) in [5, 5.41) is 2.77. The summed E-state index contributed by atoms with van der Waals surface area (Å²) in [6, 6.07) is 11.9. The van der Waals surface area contributed by atoms with E-state index in [2.05, 4.69) is 5.32 Å². The van der Waals surface area contributed by atoms with Gasteiger partial charge in [0.05, 0.1) is 18.6 Å². The van der Waals surface area contributed by atoms with Crippen molar-refractivity contribution in [1.29, 1.82) is 0 Å². The highest BCUT2D eigenvalue weighted by Crippen LogP contribution is 2.25. The van der Waals surface area contributed by atoms with Crippen LogP contribution in [0.15, 0.2) is 47.4 Å². The first kappa shape index (κ1) is 22.7. The van der Waals surface area contributed by atoms with Crippen molar-refractivity contribution in [2.24, 2.45) is 0 Å². The molecule has 0 radical (unpaired) electrons. The summed E-state index contributed by atoms with van der Waals surface area (Å²) in [5.41, 5.74) is 1.03. The number of hydrogen-bond donors (Lipinski definition) is 1. The topological polar surface area (TPSA) is 84.9 Å². The van der Waals surface area contributed by atoms with Crippen molar-refractivity contribution in [3.63, 3.8) is 0 Å².